The fraction of sp³-hybridized carbons (Fsp3) is 0.500. The van der Waals surface area contributed by atoms with E-state index in [0.29, 0.717) is 17.5 Å². The van der Waals surface area contributed by atoms with Gasteiger partial charge in [0.15, 0.2) is 0 Å². The van der Waals surface area contributed by atoms with E-state index in [-0.39, 0.29) is 24.4 Å². The van der Waals surface area contributed by atoms with Gasteiger partial charge in [-0.1, -0.05) is 19.1 Å². The molecule has 2 N–H and O–H groups in total. The highest BCUT2D eigenvalue weighted by Gasteiger charge is 2.29. The molecule has 1 aliphatic heterocycles. The van der Waals surface area contributed by atoms with Gasteiger partial charge in [-0.3, -0.25) is 4.79 Å². The number of halogens is 2. The van der Waals surface area contributed by atoms with Crippen molar-refractivity contribution in [3.05, 3.63) is 34.3 Å². The van der Waals surface area contributed by atoms with Crippen molar-refractivity contribution in [3.8, 4) is 0 Å². The van der Waals surface area contributed by atoms with Crippen molar-refractivity contribution in [1.82, 2.24) is 10.6 Å². The monoisotopic (exact) mass is 346 g/mol. The predicted molar refractivity (Wildman–Crippen MR) is 83.9 cm³/mol. The largest absolute Gasteiger partial charge is 0.347 e. The maximum absolute atomic E-state index is 12.3. The fourth-order valence-electron chi connectivity index (χ4n) is 2.48. The van der Waals surface area contributed by atoms with Gasteiger partial charge in [-0.15, -0.1) is 12.4 Å². The van der Waals surface area contributed by atoms with Gasteiger partial charge in [-0.25, -0.2) is 0 Å². The first-order valence-electron chi connectivity index (χ1n) is 6.38. The number of carbonyl (C=O) groups excluding carboxylic acids is 1. The molecule has 3 nitrogen and oxygen atoms in total. The standard InChI is InChI=1S/C14H19BrN2O.ClH/c1-9-7-8-16-10(2)13(9)17-14(18)11-5-3-4-6-12(11)15;/h3-6,9-10,13,16H,7-8H2,1-2H3,(H,17,18);1H. The second-order valence-electron chi connectivity index (χ2n) is 4.99. The normalized spacial score (nSPS) is 26.4. The van der Waals surface area contributed by atoms with Gasteiger partial charge in [0.2, 0.25) is 0 Å². The quantitative estimate of drug-likeness (QED) is 0.863. The number of nitrogens with one attached hydrogen (secondary N) is 2. The van der Waals surface area contributed by atoms with Crippen LogP contribution in [0.25, 0.3) is 0 Å². The van der Waals surface area contributed by atoms with E-state index >= 15 is 0 Å². The molecular weight excluding hydrogens is 328 g/mol. The summed E-state index contributed by atoms with van der Waals surface area (Å²) in [5.74, 6) is 0.502. The minimum atomic E-state index is -0.00475. The highest BCUT2D eigenvalue weighted by atomic mass is 79.9. The second kappa shape index (κ2) is 7.27. The molecule has 1 aromatic carbocycles. The molecule has 3 unspecified atom stereocenters. The molecule has 0 aromatic heterocycles. The highest BCUT2D eigenvalue weighted by Crippen LogP contribution is 2.19. The zero-order chi connectivity index (χ0) is 13.1. The van der Waals surface area contributed by atoms with Gasteiger partial charge in [0.25, 0.3) is 5.91 Å². The minimum absolute atomic E-state index is 0. The summed E-state index contributed by atoms with van der Waals surface area (Å²) >= 11 is 3.42. The molecule has 5 heteroatoms. The van der Waals surface area contributed by atoms with E-state index in [0.717, 1.165) is 17.4 Å². The van der Waals surface area contributed by atoms with Crippen LogP contribution in [0.3, 0.4) is 0 Å². The molecule has 2 rings (SSSR count). The van der Waals surface area contributed by atoms with Crippen LogP contribution in [0.5, 0.6) is 0 Å². The Hall–Kier alpha value is -0.580. The molecule has 19 heavy (non-hydrogen) atoms. The first kappa shape index (κ1) is 16.5. The van der Waals surface area contributed by atoms with Crippen LogP contribution in [0.2, 0.25) is 0 Å². The smallest absolute Gasteiger partial charge is 0.252 e. The lowest BCUT2D eigenvalue weighted by molar-refractivity contribution is 0.0897. The zero-order valence-corrected chi connectivity index (χ0v) is 13.6. The molecule has 0 radical (unpaired) electrons. The van der Waals surface area contributed by atoms with E-state index in [9.17, 15) is 4.79 Å². The molecule has 0 spiro atoms. The number of amides is 1. The van der Waals surface area contributed by atoms with Crippen LogP contribution >= 0.6 is 28.3 Å². The van der Waals surface area contributed by atoms with Crippen molar-refractivity contribution in [2.75, 3.05) is 6.54 Å². The lowest BCUT2D eigenvalue weighted by atomic mass is 9.89. The Labute approximate surface area is 129 Å². The Morgan fingerprint density at radius 2 is 2.05 bits per heavy atom. The molecule has 0 aliphatic carbocycles. The number of hydrogen-bond donors (Lipinski definition) is 2. The van der Waals surface area contributed by atoms with Crippen molar-refractivity contribution in [2.45, 2.75) is 32.4 Å². The second-order valence-corrected chi connectivity index (χ2v) is 5.84. The SMILES string of the molecule is CC1CCNC(C)C1NC(=O)c1ccccc1Br.Cl. The topological polar surface area (TPSA) is 41.1 Å². The van der Waals surface area contributed by atoms with Gasteiger partial charge in [0.05, 0.1) is 5.56 Å². The van der Waals surface area contributed by atoms with E-state index in [2.05, 4.69) is 40.4 Å². The Balaban J connectivity index is 0.00000180. The Morgan fingerprint density at radius 3 is 2.68 bits per heavy atom. The van der Waals surface area contributed by atoms with Crippen LogP contribution in [0.15, 0.2) is 28.7 Å². The summed E-state index contributed by atoms with van der Waals surface area (Å²) in [7, 11) is 0. The van der Waals surface area contributed by atoms with Crippen molar-refractivity contribution < 1.29 is 4.79 Å². The van der Waals surface area contributed by atoms with Gasteiger partial charge in [-0.2, -0.15) is 0 Å². The Kier molecular flexibility index (Phi) is 6.30. The number of benzene rings is 1. The van der Waals surface area contributed by atoms with Gasteiger partial charge in [0.1, 0.15) is 0 Å². The predicted octanol–water partition coefficient (Wildman–Crippen LogP) is 2.99. The summed E-state index contributed by atoms with van der Waals surface area (Å²) in [6.45, 7) is 5.35. The van der Waals surface area contributed by atoms with Crippen LogP contribution in [0, 0.1) is 5.92 Å². The van der Waals surface area contributed by atoms with Gasteiger partial charge in [-0.05, 0) is 53.9 Å². The number of carbonyl (C=O) groups is 1. The molecule has 1 saturated heterocycles. The molecule has 3 atom stereocenters. The average molecular weight is 348 g/mol. The van der Waals surface area contributed by atoms with Crippen LogP contribution in [0.4, 0.5) is 0 Å². The molecule has 1 heterocycles. The van der Waals surface area contributed by atoms with Crippen molar-refractivity contribution in [2.24, 2.45) is 5.92 Å². The van der Waals surface area contributed by atoms with E-state index in [1.807, 2.05) is 24.3 Å². The summed E-state index contributed by atoms with van der Waals surface area (Å²) in [4.78, 5) is 12.3. The molecule has 1 fully saturated rings. The van der Waals surface area contributed by atoms with Crippen molar-refractivity contribution in [1.29, 1.82) is 0 Å². The minimum Gasteiger partial charge on any atom is -0.347 e. The van der Waals surface area contributed by atoms with Crippen molar-refractivity contribution in [3.63, 3.8) is 0 Å². The molecule has 1 amide bonds. The highest BCUT2D eigenvalue weighted by molar-refractivity contribution is 9.10. The van der Waals surface area contributed by atoms with E-state index < -0.39 is 0 Å². The number of hydrogen-bond acceptors (Lipinski definition) is 2. The molecule has 1 aromatic rings. The molecule has 1 aliphatic rings. The lowest BCUT2D eigenvalue weighted by Crippen LogP contribution is -2.55. The van der Waals surface area contributed by atoms with E-state index in [1.165, 1.54) is 0 Å². The molecule has 106 valence electrons. The third-order valence-electron chi connectivity index (χ3n) is 3.63. The maximum atomic E-state index is 12.3. The van der Waals surface area contributed by atoms with Gasteiger partial charge >= 0.3 is 0 Å². The van der Waals surface area contributed by atoms with Crippen molar-refractivity contribution >= 4 is 34.2 Å². The summed E-state index contributed by atoms with van der Waals surface area (Å²) in [5.41, 5.74) is 0.697. The van der Waals surface area contributed by atoms with Gasteiger partial charge in [0, 0.05) is 16.6 Å². The van der Waals surface area contributed by atoms with Crippen LogP contribution in [-0.2, 0) is 0 Å². The third kappa shape index (κ3) is 3.94. The van der Waals surface area contributed by atoms with E-state index in [4.69, 9.17) is 0 Å². The van der Waals surface area contributed by atoms with Crippen LogP contribution in [-0.4, -0.2) is 24.5 Å². The number of rotatable bonds is 2. The zero-order valence-electron chi connectivity index (χ0n) is 11.2. The van der Waals surface area contributed by atoms with E-state index in [1.54, 1.807) is 0 Å². The maximum Gasteiger partial charge on any atom is 0.252 e. The Bertz CT molecular complexity index is 431. The third-order valence-corrected chi connectivity index (χ3v) is 4.33. The summed E-state index contributed by atoms with van der Waals surface area (Å²) in [6.07, 6.45) is 1.10. The first-order chi connectivity index (χ1) is 8.59. The number of piperidine rings is 1. The molecular formula is C14H20BrClN2O. The Morgan fingerprint density at radius 1 is 1.37 bits per heavy atom. The first-order valence-corrected chi connectivity index (χ1v) is 7.17. The molecule has 0 saturated carbocycles. The summed E-state index contributed by atoms with van der Waals surface area (Å²) < 4.78 is 0.839. The van der Waals surface area contributed by atoms with Crippen LogP contribution < -0.4 is 10.6 Å². The van der Waals surface area contributed by atoms with Crippen LogP contribution in [0.1, 0.15) is 30.6 Å². The van der Waals surface area contributed by atoms with Gasteiger partial charge < -0.3 is 10.6 Å². The fourth-order valence-corrected chi connectivity index (χ4v) is 2.94. The molecule has 0 bridgehead atoms. The lowest BCUT2D eigenvalue weighted by Gasteiger charge is -2.36. The average Bonchev–Trinajstić information content (AvgIpc) is 2.34. The summed E-state index contributed by atoms with van der Waals surface area (Å²) in [5, 5.41) is 6.55. The summed E-state index contributed by atoms with van der Waals surface area (Å²) in [6, 6.07) is 8.03.